The molecular formula is C17H33N3O. The highest BCUT2D eigenvalue weighted by Gasteiger charge is 2.34. The number of likely N-dealkylation sites (tertiary alicyclic amines) is 1. The molecule has 3 fully saturated rings. The number of hydrogen-bond donors (Lipinski definition) is 2. The second-order valence-electron chi connectivity index (χ2n) is 7.05. The van der Waals surface area contributed by atoms with E-state index in [4.69, 9.17) is 4.74 Å². The lowest BCUT2D eigenvalue weighted by Crippen LogP contribution is -2.51. The van der Waals surface area contributed by atoms with Gasteiger partial charge in [0.2, 0.25) is 0 Å². The van der Waals surface area contributed by atoms with Crippen molar-refractivity contribution in [2.45, 2.75) is 57.0 Å². The van der Waals surface area contributed by atoms with Crippen molar-refractivity contribution in [3.8, 4) is 0 Å². The number of rotatable bonds is 5. The maximum Gasteiger partial charge on any atom is 0.0623 e. The first-order valence-electron chi connectivity index (χ1n) is 9.20. The highest BCUT2D eigenvalue weighted by atomic mass is 16.5. The Bertz CT molecular complexity index is 286. The zero-order valence-electron chi connectivity index (χ0n) is 13.5. The molecule has 4 heteroatoms. The van der Waals surface area contributed by atoms with Gasteiger partial charge in [0.05, 0.1) is 13.2 Å². The third kappa shape index (κ3) is 4.65. The van der Waals surface area contributed by atoms with E-state index < -0.39 is 0 Å². The van der Waals surface area contributed by atoms with Crippen LogP contribution in [0.3, 0.4) is 0 Å². The first-order valence-corrected chi connectivity index (χ1v) is 9.20. The Kier molecular flexibility index (Phi) is 6.34. The topological polar surface area (TPSA) is 36.5 Å². The van der Waals surface area contributed by atoms with Crippen molar-refractivity contribution in [1.29, 1.82) is 0 Å². The largest absolute Gasteiger partial charge is 0.379 e. The molecule has 1 saturated carbocycles. The minimum atomic E-state index is 0.580. The summed E-state index contributed by atoms with van der Waals surface area (Å²) in [7, 11) is 0. The van der Waals surface area contributed by atoms with Gasteiger partial charge in [-0.05, 0) is 44.7 Å². The monoisotopic (exact) mass is 295 g/mol. The van der Waals surface area contributed by atoms with Gasteiger partial charge in [0, 0.05) is 31.7 Å². The zero-order valence-corrected chi connectivity index (χ0v) is 13.5. The van der Waals surface area contributed by atoms with Gasteiger partial charge in [0.15, 0.2) is 0 Å². The number of hydrogen-bond acceptors (Lipinski definition) is 4. The Morgan fingerprint density at radius 2 is 1.90 bits per heavy atom. The summed E-state index contributed by atoms with van der Waals surface area (Å²) in [5, 5.41) is 7.52. The molecule has 4 nitrogen and oxygen atoms in total. The van der Waals surface area contributed by atoms with E-state index in [1.165, 1.54) is 64.6 Å². The Hall–Kier alpha value is -0.160. The number of morpholine rings is 1. The molecule has 0 bridgehead atoms. The van der Waals surface area contributed by atoms with Gasteiger partial charge in [-0.15, -0.1) is 0 Å². The van der Waals surface area contributed by atoms with Crippen molar-refractivity contribution in [1.82, 2.24) is 15.5 Å². The van der Waals surface area contributed by atoms with Crippen LogP contribution in [0.2, 0.25) is 0 Å². The SMILES string of the molecule is C1CCCN(CCNC2CCCC2C2COCCN2)CC1. The number of nitrogens with zero attached hydrogens (tertiary/aromatic N) is 1. The molecule has 0 spiro atoms. The summed E-state index contributed by atoms with van der Waals surface area (Å²) in [6.07, 6.45) is 9.75. The molecule has 2 heterocycles. The van der Waals surface area contributed by atoms with Crippen LogP contribution in [0.15, 0.2) is 0 Å². The van der Waals surface area contributed by atoms with E-state index in [0.717, 1.165) is 32.2 Å². The molecule has 3 rings (SSSR count). The van der Waals surface area contributed by atoms with Crippen LogP contribution in [0.1, 0.15) is 44.9 Å². The second-order valence-corrected chi connectivity index (χ2v) is 7.05. The van der Waals surface area contributed by atoms with E-state index in [1.807, 2.05) is 0 Å². The maximum atomic E-state index is 5.66. The standard InChI is InChI=1S/C17H33N3O/c1-2-4-11-20(10-3-1)12-8-18-16-7-5-6-15(16)17-14-21-13-9-19-17/h15-19H,1-14H2. The summed E-state index contributed by atoms with van der Waals surface area (Å²) in [4.78, 5) is 2.66. The molecule has 3 unspecified atom stereocenters. The molecule has 0 radical (unpaired) electrons. The van der Waals surface area contributed by atoms with Crippen LogP contribution in [0.5, 0.6) is 0 Å². The summed E-state index contributed by atoms with van der Waals surface area (Å²) < 4.78 is 5.66. The molecule has 21 heavy (non-hydrogen) atoms. The lowest BCUT2D eigenvalue weighted by Gasteiger charge is -2.33. The molecule has 2 N–H and O–H groups in total. The van der Waals surface area contributed by atoms with Gasteiger partial charge in [-0.2, -0.15) is 0 Å². The fourth-order valence-electron chi connectivity index (χ4n) is 4.35. The Balaban J connectivity index is 1.39. The van der Waals surface area contributed by atoms with E-state index in [2.05, 4.69) is 15.5 Å². The van der Waals surface area contributed by atoms with Gasteiger partial charge in [0.25, 0.3) is 0 Å². The molecule has 2 saturated heterocycles. The summed E-state index contributed by atoms with van der Waals surface area (Å²) in [6.45, 7) is 7.85. The Morgan fingerprint density at radius 1 is 1.05 bits per heavy atom. The van der Waals surface area contributed by atoms with Crippen LogP contribution in [0.25, 0.3) is 0 Å². The quantitative estimate of drug-likeness (QED) is 0.808. The van der Waals surface area contributed by atoms with Crippen molar-refractivity contribution < 1.29 is 4.74 Å². The molecule has 3 atom stereocenters. The first kappa shape index (κ1) is 15.7. The lowest BCUT2D eigenvalue weighted by molar-refractivity contribution is 0.0524. The molecule has 0 amide bonds. The molecule has 1 aliphatic carbocycles. The molecule has 0 aromatic heterocycles. The van der Waals surface area contributed by atoms with Crippen molar-refractivity contribution in [2.24, 2.45) is 5.92 Å². The summed E-state index contributed by atoms with van der Waals surface area (Å²) in [5.74, 6) is 0.773. The summed E-state index contributed by atoms with van der Waals surface area (Å²) >= 11 is 0. The van der Waals surface area contributed by atoms with E-state index >= 15 is 0 Å². The van der Waals surface area contributed by atoms with Crippen LogP contribution in [0, 0.1) is 5.92 Å². The second kappa shape index (κ2) is 8.47. The minimum absolute atomic E-state index is 0.580. The van der Waals surface area contributed by atoms with Crippen LogP contribution < -0.4 is 10.6 Å². The van der Waals surface area contributed by atoms with Crippen LogP contribution in [0.4, 0.5) is 0 Å². The molecule has 122 valence electrons. The van der Waals surface area contributed by atoms with Crippen LogP contribution >= 0.6 is 0 Å². The van der Waals surface area contributed by atoms with Crippen LogP contribution in [-0.2, 0) is 4.74 Å². The Labute approximate surface area is 130 Å². The molecule has 3 aliphatic rings. The van der Waals surface area contributed by atoms with Gasteiger partial charge in [0.1, 0.15) is 0 Å². The number of nitrogens with one attached hydrogen (secondary N) is 2. The molecular weight excluding hydrogens is 262 g/mol. The normalized spacial score (nSPS) is 35.7. The van der Waals surface area contributed by atoms with Crippen molar-refractivity contribution >= 4 is 0 Å². The maximum absolute atomic E-state index is 5.66. The fourth-order valence-corrected chi connectivity index (χ4v) is 4.35. The van der Waals surface area contributed by atoms with Gasteiger partial charge >= 0.3 is 0 Å². The van der Waals surface area contributed by atoms with E-state index in [0.29, 0.717) is 12.1 Å². The molecule has 2 aliphatic heterocycles. The Morgan fingerprint density at radius 3 is 2.67 bits per heavy atom. The van der Waals surface area contributed by atoms with Crippen molar-refractivity contribution in [3.63, 3.8) is 0 Å². The highest BCUT2D eigenvalue weighted by molar-refractivity contribution is 4.92. The lowest BCUT2D eigenvalue weighted by atomic mass is 9.94. The first-order chi connectivity index (χ1) is 10.4. The van der Waals surface area contributed by atoms with Gasteiger partial charge in [-0.25, -0.2) is 0 Å². The minimum Gasteiger partial charge on any atom is -0.379 e. The van der Waals surface area contributed by atoms with E-state index in [9.17, 15) is 0 Å². The van der Waals surface area contributed by atoms with Gasteiger partial charge in [-0.3, -0.25) is 0 Å². The number of ether oxygens (including phenoxy) is 1. The average Bonchev–Trinajstić information content (AvgIpc) is 2.84. The van der Waals surface area contributed by atoms with E-state index in [1.54, 1.807) is 0 Å². The third-order valence-corrected chi connectivity index (χ3v) is 5.57. The molecule has 0 aromatic rings. The highest BCUT2D eigenvalue weighted by Crippen LogP contribution is 2.29. The van der Waals surface area contributed by atoms with Gasteiger partial charge < -0.3 is 20.3 Å². The molecule has 0 aromatic carbocycles. The zero-order chi connectivity index (χ0) is 14.3. The predicted molar refractivity (Wildman–Crippen MR) is 86.6 cm³/mol. The smallest absolute Gasteiger partial charge is 0.0623 e. The van der Waals surface area contributed by atoms with Crippen LogP contribution in [-0.4, -0.2) is 62.9 Å². The van der Waals surface area contributed by atoms with Crippen molar-refractivity contribution in [2.75, 3.05) is 45.9 Å². The average molecular weight is 295 g/mol. The summed E-state index contributed by atoms with van der Waals surface area (Å²) in [5.41, 5.74) is 0. The predicted octanol–water partition coefficient (Wildman–Crippen LogP) is 1.61. The van der Waals surface area contributed by atoms with E-state index in [-0.39, 0.29) is 0 Å². The summed E-state index contributed by atoms with van der Waals surface area (Å²) in [6, 6.07) is 1.29. The van der Waals surface area contributed by atoms with Crippen molar-refractivity contribution in [3.05, 3.63) is 0 Å². The fraction of sp³-hybridized carbons (Fsp3) is 1.00. The third-order valence-electron chi connectivity index (χ3n) is 5.57. The van der Waals surface area contributed by atoms with Gasteiger partial charge in [-0.1, -0.05) is 19.3 Å².